The molecule has 0 aliphatic heterocycles. The highest BCUT2D eigenvalue weighted by molar-refractivity contribution is 5.74. The minimum Gasteiger partial charge on any atom is -0.469 e. The van der Waals surface area contributed by atoms with Crippen molar-refractivity contribution in [3.8, 4) is 0 Å². The van der Waals surface area contributed by atoms with Crippen LogP contribution in [0.25, 0.3) is 0 Å². The standard InChI is InChI=1S/C13H16O3/c1-16-13(15)10-7-8-11(14)12(10)9-5-3-2-4-6-9/h2-6,10-12,14H,7-8H2,1H3/t10-,11?,12+/m0/s1. The van der Waals surface area contributed by atoms with E-state index in [1.807, 2.05) is 30.3 Å². The molecule has 1 aliphatic carbocycles. The Morgan fingerprint density at radius 1 is 1.31 bits per heavy atom. The van der Waals surface area contributed by atoms with Gasteiger partial charge < -0.3 is 9.84 Å². The highest BCUT2D eigenvalue weighted by atomic mass is 16.5. The number of hydrogen-bond donors (Lipinski definition) is 1. The molecule has 0 amide bonds. The van der Waals surface area contributed by atoms with Crippen molar-refractivity contribution in [3.63, 3.8) is 0 Å². The summed E-state index contributed by atoms with van der Waals surface area (Å²) in [4.78, 5) is 11.6. The average molecular weight is 220 g/mol. The van der Waals surface area contributed by atoms with Gasteiger partial charge in [0.2, 0.25) is 0 Å². The zero-order chi connectivity index (χ0) is 11.5. The maximum Gasteiger partial charge on any atom is 0.309 e. The molecular formula is C13H16O3. The van der Waals surface area contributed by atoms with E-state index in [2.05, 4.69) is 0 Å². The molecule has 86 valence electrons. The molecule has 1 unspecified atom stereocenters. The first-order valence-electron chi connectivity index (χ1n) is 5.55. The number of methoxy groups -OCH3 is 1. The third kappa shape index (κ3) is 1.95. The van der Waals surface area contributed by atoms with Crippen molar-refractivity contribution in [1.82, 2.24) is 0 Å². The van der Waals surface area contributed by atoms with Crippen LogP contribution >= 0.6 is 0 Å². The summed E-state index contributed by atoms with van der Waals surface area (Å²) in [5.74, 6) is -0.540. The zero-order valence-corrected chi connectivity index (χ0v) is 9.30. The van der Waals surface area contributed by atoms with Gasteiger partial charge in [-0.05, 0) is 18.4 Å². The van der Waals surface area contributed by atoms with Gasteiger partial charge in [0, 0.05) is 5.92 Å². The Bertz CT molecular complexity index is 361. The highest BCUT2D eigenvalue weighted by Crippen LogP contribution is 2.40. The van der Waals surface area contributed by atoms with Crippen molar-refractivity contribution in [2.24, 2.45) is 5.92 Å². The number of ether oxygens (including phenoxy) is 1. The molecule has 3 heteroatoms. The van der Waals surface area contributed by atoms with Crippen molar-refractivity contribution in [2.75, 3.05) is 7.11 Å². The minimum absolute atomic E-state index is 0.117. The van der Waals surface area contributed by atoms with Gasteiger partial charge in [-0.3, -0.25) is 4.79 Å². The van der Waals surface area contributed by atoms with Gasteiger partial charge in [-0.15, -0.1) is 0 Å². The Labute approximate surface area is 95.0 Å². The molecule has 2 rings (SSSR count). The number of aliphatic hydroxyl groups is 1. The molecule has 0 spiro atoms. The summed E-state index contributed by atoms with van der Waals surface area (Å²) < 4.78 is 4.78. The maximum atomic E-state index is 11.6. The summed E-state index contributed by atoms with van der Waals surface area (Å²) in [6.45, 7) is 0. The van der Waals surface area contributed by atoms with Crippen LogP contribution in [0.1, 0.15) is 24.3 Å². The van der Waals surface area contributed by atoms with Crippen LogP contribution in [0.4, 0.5) is 0 Å². The molecule has 1 saturated carbocycles. The number of aliphatic hydroxyl groups excluding tert-OH is 1. The number of carbonyl (C=O) groups excluding carboxylic acids is 1. The second-order valence-corrected chi connectivity index (χ2v) is 4.21. The summed E-state index contributed by atoms with van der Waals surface area (Å²) in [6, 6.07) is 9.69. The summed E-state index contributed by atoms with van der Waals surface area (Å²) in [6.07, 6.45) is 0.929. The third-order valence-electron chi connectivity index (χ3n) is 3.31. The van der Waals surface area contributed by atoms with E-state index in [-0.39, 0.29) is 17.8 Å². The van der Waals surface area contributed by atoms with Crippen LogP contribution in [0, 0.1) is 5.92 Å². The van der Waals surface area contributed by atoms with E-state index in [0.29, 0.717) is 12.8 Å². The van der Waals surface area contributed by atoms with Gasteiger partial charge in [-0.1, -0.05) is 30.3 Å². The van der Waals surface area contributed by atoms with Crippen molar-refractivity contribution in [3.05, 3.63) is 35.9 Å². The monoisotopic (exact) mass is 220 g/mol. The molecule has 1 aromatic carbocycles. The molecule has 0 saturated heterocycles. The Hall–Kier alpha value is -1.35. The molecule has 1 aromatic rings. The molecule has 3 nitrogen and oxygen atoms in total. The lowest BCUT2D eigenvalue weighted by Gasteiger charge is -2.20. The Kier molecular flexibility index (Phi) is 3.25. The molecule has 3 atom stereocenters. The normalized spacial score (nSPS) is 29.0. The smallest absolute Gasteiger partial charge is 0.309 e. The van der Waals surface area contributed by atoms with Crippen LogP contribution < -0.4 is 0 Å². The molecule has 0 radical (unpaired) electrons. The van der Waals surface area contributed by atoms with E-state index in [1.54, 1.807) is 0 Å². The zero-order valence-electron chi connectivity index (χ0n) is 9.30. The fraction of sp³-hybridized carbons (Fsp3) is 0.462. The predicted octanol–water partition coefficient (Wildman–Crippen LogP) is 1.71. The van der Waals surface area contributed by atoms with Crippen LogP contribution in [-0.2, 0) is 9.53 Å². The van der Waals surface area contributed by atoms with Gasteiger partial charge in [0.25, 0.3) is 0 Å². The number of carbonyl (C=O) groups is 1. The van der Waals surface area contributed by atoms with E-state index in [9.17, 15) is 9.90 Å². The van der Waals surface area contributed by atoms with Crippen LogP contribution in [-0.4, -0.2) is 24.3 Å². The lowest BCUT2D eigenvalue weighted by atomic mass is 9.88. The first-order valence-corrected chi connectivity index (χ1v) is 5.55. The van der Waals surface area contributed by atoms with Crippen LogP contribution in [0.2, 0.25) is 0 Å². The fourth-order valence-corrected chi connectivity index (χ4v) is 2.52. The van der Waals surface area contributed by atoms with E-state index in [1.165, 1.54) is 7.11 Å². The Morgan fingerprint density at radius 2 is 2.00 bits per heavy atom. The number of benzene rings is 1. The number of esters is 1. The minimum atomic E-state index is -0.438. The molecule has 0 aromatic heterocycles. The molecule has 1 N–H and O–H groups in total. The van der Waals surface area contributed by atoms with Gasteiger partial charge in [0.15, 0.2) is 0 Å². The van der Waals surface area contributed by atoms with Crippen LogP contribution in [0.5, 0.6) is 0 Å². The molecule has 16 heavy (non-hydrogen) atoms. The second-order valence-electron chi connectivity index (χ2n) is 4.21. The molecule has 1 fully saturated rings. The van der Waals surface area contributed by atoms with Gasteiger partial charge in [-0.2, -0.15) is 0 Å². The lowest BCUT2D eigenvalue weighted by molar-refractivity contribution is -0.146. The average Bonchev–Trinajstić information content (AvgIpc) is 2.71. The molecule has 0 bridgehead atoms. The highest BCUT2D eigenvalue weighted by Gasteiger charge is 2.40. The van der Waals surface area contributed by atoms with Gasteiger partial charge in [0.1, 0.15) is 0 Å². The van der Waals surface area contributed by atoms with E-state index in [4.69, 9.17) is 4.74 Å². The number of hydrogen-bond acceptors (Lipinski definition) is 3. The second kappa shape index (κ2) is 4.66. The summed E-state index contributed by atoms with van der Waals surface area (Å²) in [5.41, 5.74) is 1.02. The predicted molar refractivity (Wildman–Crippen MR) is 59.9 cm³/mol. The Morgan fingerprint density at radius 3 is 2.62 bits per heavy atom. The lowest BCUT2D eigenvalue weighted by Crippen LogP contribution is -2.24. The summed E-state index contributed by atoms with van der Waals surface area (Å²) >= 11 is 0. The summed E-state index contributed by atoms with van der Waals surface area (Å²) in [5, 5.41) is 9.95. The maximum absolute atomic E-state index is 11.6. The van der Waals surface area contributed by atoms with Crippen LogP contribution in [0.3, 0.4) is 0 Å². The Balaban J connectivity index is 2.26. The van der Waals surface area contributed by atoms with Crippen molar-refractivity contribution >= 4 is 5.97 Å². The van der Waals surface area contributed by atoms with Crippen molar-refractivity contribution in [2.45, 2.75) is 24.9 Å². The third-order valence-corrected chi connectivity index (χ3v) is 3.31. The largest absolute Gasteiger partial charge is 0.469 e. The topological polar surface area (TPSA) is 46.5 Å². The first kappa shape index (κ1) is 11.1. The molecular weight excluding hydrogens is 204 g/mol. The first-order chi connectivity index (χ1) is 7.74. The van der Waals surface area contributed by atoms with E-state index >= 15 is 0 Å². The molecule has 0 heterocycles. The number of rotatable bonds is 2. The van der Waals surface area contributed by atoms with Gasteiger partial charge in [0.05, 0.1) is 19.1 Å². The molecule has 1 aliphatic rings. The van der Waals surface area contributed by atoms with Crippen molar-refractivity contribution < 1.29 is 14.6 Å². The van der Waals surface area contributed by atoms with E-state index < -0.39 is 6.10 Å². The van der Waals surface area contributed by atoms with E-state index in [0.717, 1.165) is 5.56 Å². The quantitative estimate of drug-likeness (QED) is 0.772. The SMILES string of the molecule is COC(=O)[C@H]1CCC(O)[C@@H]1c1ccccc1. The van der Waals surface area contributed by atoms with Gasteiger partial charge >= 0.3 is 5.97 Å². The summed E-state index contributed by atoms with van der Waals surface area (Å²) in [7, 11) is 1.40. The van der Waals surface area contributed by atoms with Gasteiger partial charge in [-0.25, -0.2) is 0 Å². The fourth-order valence-electron chi connectivity index (χ4n) is 2.52. The van der Waals surface area contributed by atoms with Crippen LogP contribution in [0.15, 0.2) is 30.3 Å². The van der Waals surface area contributed by atoms with Crippen molar-refractivity contribution in [1.29, 1.82) is 0 Å².